The second-order valence-corrected chi connectivity index (χ2v) is 6.67. The SMILES string of the molecule is Cc1nn(C)c2nccc(N3C[C@@H]4CCC[C@@]4(C(=O)O)C3)c12. The zero-order valence-corrected chi connectivity index (χ0v) is 12.9. The minimum Gasteiger partial charge on any atom is -0.481 e. The topological polar surface area (TPSA) is 71.2 Å². The van der Waals surface area contributed by atoms with Crippen molar-refractivity contribution in [3.05, 3.63) is 18.0 Å². The van der Waals surface area contributed by atoms with Gasteiger partial charge in [0, 0.05) is 26.3 Å². The molecule has 22 heavy (non-hydrogen) atoms. The first-order valence-corrected chi connectivity index (χ1v) is 7.79. The van der Waals surface area contributed by atoms with E-state index in [1.807, 2.05) is 20.0 Å². The molecule has 1 aliphatic carbocycles. The van der Waals surface area contributed by atoms with Gasteiger partial charge in [-0.25, -0.2) is 4.98 Å². The number of carboxylic acids is 1. The van der Waals surface area contributed by atoms with Crippen LogP contribution in [0.2, 0.25) is 0 Å². The number of pyridine rings is 1. The van der Waals surface area contributed by atoms with Crippen LogP contribution in [-0.2, 0) is 11.8 Å². The third-order valence-corrected chi connectivity index (χ3v) is 5.51. The molecule has 0 bridgehead atoms. The predicted molar refractivity (Wildman–Crippen MR) is 82.9 cm³/mol. The normalized spacial score (nSPS) is 27.5. The molecule has 0 spiro atoms. The number of carboxylic acid groups (broad SMARTS) is 1. The Morgan fingerprint density at radius 1 is 1.50 bits per heavy atom. The molecular formula is C16H20N4O2. The number of carbonyl (C=O) groups is 1. The number of rotatable bonds is 2. The standard InChI is InChI=1S/C16H20N4O2/c1-10-13-12(5-7-17-14(13)19(2)18-10)20-8-11-4-3-6-16(11,9-20)15(21)22/h5,7,11H,3-4,6,8-9H2,1-2H3,(H,21,22)/t11-,16+/m0/s1. The molecule has 1 aliphatic heterocycles. The number of aromatic nitrogens is 3. The van der Waals surface area contributed by atoms with Crippen molar-refractivity contribution in [2.75, 3.05) is 18.0 Å². The van der Waals surface area contributed by atoms with E-state index < -0.39 is 11.4 Å². The van der Waals surface area contributed by atoms with E-state index in [0.717, 1.165) is 48.2 Å². The molecule has 116 valence electrons. The van der Waals surface area contributed by atoms with Crippen molar-refractivity contribution in [1.29, 1.82) is 0 Å². The average Bonchev–Trinajstić information content (AvgIpc) is 3.11. The highest BCUT2D eigenvalue weighted by Crippen LogP contribution is 2.50. The van der Waals surface area contributed by atoms with E-state index in [-0.39, 0.29) is 5.92 Å². The van der Waals surface area contributed by atoms with Crippen molar-refractivity contribution < 1.29 is 9.90 Å². The van der Waals surface area contributed by atoms with E-state index in [2.05, 4.69) is 15.0 Å². The van der Waals surface area contributed by atoms with E-state index in [4.69, 9.17) is 0 Å². The van der Waals surface area contributed by atoms with Crippen molar-refractivity contribution >= 4 is 22.7 Å². The highest BCUT2D eigenvalue weighted by Gasteiger charge is 2.55. The molecule has 1 saturated heterocycles. The van der Waals surface area contributed by atoms with Gasteiger partial charge < -0.3 is 10.0 Å². The Balaban J connectivity index is 1.80. The summed E-state index contributed by atoms with van der Waals surface area (Å²) in [6.45, 7) is 3.40. The summed E-state index contributed by atoms with van der Waals surface area (Å²) in [5.41, 5.74) is 2.32. The van der Waals surface area contributed by atoms with Crippen LogP contribution < -0.4 is 4.90 Å². The van der Waals surface area contributed by atoms with E-state index in [1.54, 1.807) is 10.9 Å². The molecule has 2 atom stereocenters. The van der Waals surface area contributed by atoms with Gasteiger partial charge in [-0.1, -0.05) is 6.42 Å². The number of fused-ring (bicyclic) bond motifs is 2. The molecule has 1 N–H and O–H groups in total. The van der Waals surface area contributed by atoms with E-state index in [9.17, 15) is 9.90 Å². The minimum atomic E-state index is -0.634. The fraction of sp³-hybridized carbons (Fsp3) is 0.562. The molecule has 6 heteroatoms. The van der Waals surface area contributed by atoms with Crippen molar-refractivity contribution in [3.8, 4) is 0 Å². The van der Waals surface area contributed by atoms with Crippen molar-refractivity contribution in [2.24, 2.45) is 18.4 Å². The van der Waals surface area contributed by atoms with Gasteiger partial charge in [0.2, 0.25) is 0 Å². The lowest BCUT2D eigenvalue weighted by Gasteiger charge is -2.24. The minimum absolute atomic E-state index is 0.255. The lowest BCUT2D eigenvalue weighted by atomic mass is 9.81. The maximum absolute atomic E-state index is 11.9. The molecule has 6 nitrogen and oxygen atoms in total. The van der Waals surface area contributed by atoms with Gasteiger partial charge >= 0.3 is 5.97 Å². The third kappa shape index (κ3) is 1.63. The maximum Gasteiger partial charge on any atom is 0.311 e. The Morgan fingerprint density at radius 2 is 2.32 bits per heavy atom. The van der Waals surface area contributed by atoms with Gasteiger partial charge in [-0.15, -0.1) is 0 Å². The van der Waals surface area contributed by atoms with Gasteiger partial charge in [0.25, 0.3) is 0 Å². The Bertz CT molecular complexity index is 769. The summed E-state index contributed by atoms with van der Waals surface area (Å²) in [5.74, 6) is -0.379. The molecule has 2 fully saturated rings. The van der Waals surface area contributed by atoms with E-state index >= 15 is 0 Å². The van der Waals surface area contributed by atoms with Gasteiger partial charge in [-0.05, 0) is 31.7 Å². The van der Waals surface area contributed by atoms with Gasteiger partial charge in [0.1, 0.15) is 0 Å². The van der Waals surface area contributed by atoms with Gasteiger partial charge in [-0.3, -0.25) is 9.48 Å². The number of hydrogen-bond donors (Lipinski definition) is 1. The first-order chi connectivity index (χ1) is 10.5. The van der Waals surface area contributed by atoms with Crippen LogP contribution in [0.15, 0.2) is 12.3 Å². The number of aryl methyl sites for hydroxylation is 2. The van der Waals surface area contributed by atoms with E-state index in [1.165, 1.54) is 0 Å². The lowest BCUT2D eigenvalue weighted by Crippen LogP contribution is -2.35. The largest absolute Gasteiger partial charge is 0.481 e. The summed E-state index contributed by atoms with van der Waals surface area (Å²) in [6.07, 6.45) is 4.63. The fourth-order valence-electron chi connectivity index (χ4n) is 4.44. The zero-order valence-electron chi connectivity index (χ0n) is 12.9. The number of aliphatic carboxylic acids is 1. The van der Waals surface area contributed by atoms with Crippen LogP contribution in [0.5, 0.6) is 0 Å². The summed E-state index contributed by atoms with van der Waals surface area (Å²) >= 11 is 0. The van der Waals surface area contributed by atoms with Crippen molar-refractivity contribution in [1.82, 2.24) is 14.8 Å². The van der Waals surface area contributed by atoms with Crippen LogP contribution >= 0.6 is 0 Å². The maximum atomic E-state index is 11.9. The van der Waals surface area contributed by atoms with Crippen LogP contribution in [0.25, 0.3) is 11.0 Å². The number of anilines is 1. The second-order valence-electron chi connectivity index (χ2n) is 6.67. The molecule has 0 amide bonds. The van der Waals surface area contributed by atoms with Crippen LogP contribution in [0, 0.1) is 18.3 Å². The average molecular weight is 300 g/mol. The summed E-state index contributed by atoms with van der Waals surface area (Å²) in [6, 6.07) is 1.99. The molecule has 2 aromatic rings. The lowest BCUT2D eigenvalue weighted by molar-refractivity contribution is -0.149. The highest BCUT2D eigenvalue weighted by atomic mass is 16.4. The molecule has 2 aliphatic rings. The second kappa shape index (κ2) is 4.44. The first kappa shape index (κ1) is 13.5. The van der Waals surface area contributed by atoms with Crippen LogP contribution in [0.1, 0.15) is 25.0 Å². The Hall–Kier alpha value is -2.11. The highest BCUT2D eigenvalue weighted by molar-refractivity contribution is 5.92. The summed E-state index contributed by atoms with van der Waals surface area (Å²) in [7, 11) is 1.89. The van der Waals surface area contributed by atoms with Crippen LogP contribution in [0.3, 0.4) is 0 Å². The molecule has 3 heterocycles. The number of nitrogens with zero attached hydrogens (tertiary/aromatic N) is 4. The fourth-order valence-corrected chi connectivity index (χ4v) is 4.44. The Morgan fingerprint density at radius 3 is 3.05 bits per heavy atom. The summed E-state index contributed by atoms with van der Waals surface area (Å²) < 4.78 is 1.79. The third-order valence-electron chi connectivity index (χ3n) is 5.51. The predicted octanol–water partition coefficient (Wildman–Crippen LogP) is 1.97. The molecule has 1 saturated carbocycles. The van der Waals surface area contributed by atoms with Gasteiger partial charge in [-0.2, -0.15) is 5.10 Å². The van der Waals surface area contributed by atoms with Gasteiger partial charge in [0.05, 0.1) is 22.2 Å². The summed E-state index contributed by atoms with van der Waals surface area (Å²) in [5, 5.41) is 15.3. The van der Waals surface area contributed by atoms with E-state index in [0.29, 0.717) is 6.54 Å². The molecule has 4 rings (SSSR count). The zero-order chi connectivity index (χ0) is 15.5. The number of hydrogen-bond acceptors (Lipinski definition) is 4. The monoisotopic (exact) mass is 300 g/mol. The molecular weight excluding hydrogens is 280 g/mol. The smallest absolute Gasteiger partial charge is 0.311 e. The first-order valence-electron chi connectivity index (χ1n) is 7.79. The Labute approximate surface area is 128 Å². The molecule has 0 aromatic carbocycles. The quantitative estimate of drug-likeness (QED) is 0.918. The van der Waals surface area contributed by atoms with Crippen molar-refractivity contribution in [3.63, 3.8) is 0 Å². The van der Waals surface area contributed by atoms with Crippen LogP contribution in [0.4, 0.5) is 5.69 Å². The van der Waals surface area contributed by atoms with Gasteiger partial charge in [0.15, 0.2) is 5.65 Å². The summed E-state index contributed by atoms with van der Waals surface area (Å²) in [4.78, 5) is 18.5. The molecule has 0 unspecified atom stereocenters. The van der Waals surface area contributed by atoms with Crippen molar-refractivity contribution in [2.45, 2.75) is 26.2 Å². The van der Waals surface area contributed by atoms with Crippen LogP contribution in [-0.4, -0.2) is 38.9 Å². The molecule has 2 aromatic heterocycles. The molecule has 0 radical (unpaired) electrons. The Kier molecular flexibility index (Phi) is 2.74.